The zero-order valence-electron chi connectivity index (χ0n) is 18.5. The molecule has 1 N–H and O–H groups in total. The molecule has 2 heterocycles. The Morgan fingerprint density at radius 2 is 1.97 bits per heavy atom. The minimum absolute atomic E-state index is 0.351. The second-order valence-corrected chi connectivity index (χ2v) is 8.00. The van der Waals surface area contributed by atoms with Crippen molar-refractivity contribution in [3.63, 3.8) is 0 Å². The van der Waals surface area contributed by atoms with Crippen LogP contribution in [0.5, 0.6) is 0 Å². The van der Waals surface area contributed by atoms with Crippen LogP contribution in [0.3, 0.4) is 0 Å². The Hall–Kier alpha value is -3.51. The van der Waals surface area contributed by atoms with E-state index in [0.29, 0.717) is 23.6 Å². The van der Waals surface area contributed by atoms with E-state index in [4.69, 9.17) is 0 Å². The molecule has 1 aliphatic heterocycles. The molecular weight excluding hydrogens is 400 g/mol. The predicted octanol–water partition coefficient (Wildman–Crippen LogP) is 4.88. The van der Waals surface area contributed by atoms with E-state index in [2.05, 4.69) is 59.4 Å². The smallest absolute Gasteiger partial charge is 0.234 e. The Morgan fingerprint density at radius 1 is 1.19 bits per heavy atom. The third-order valence-electron chi connectivity index (χ3n) is 5.79. The number of anilines is 2. The first-order valence-corrected chi connectivity index (χ1v) is 11.0. The van der Waals surface area contributed by atoms with Crippen LogP contribution in [0.15, 0.2) is 65.8 Å². The third kappa shape index (κ3) is 4.41. The Balaban J connectivity index is 1.71. The first-order valence-electron chi connectivity index (χ1n) is 11.0. The molecule has 1 amide bonds. The van der Waals surface area contributed by atoms with Crippen LogP contribution in [0.25, 0.3) is 11.1 Å². The Bertz CT molecular complexity index is 1120. The molecule has 3 aromatic rings. The normalized spacial score (nSPS) is 13.6. The maximum atomic E-state index is 11.4. The number of aryl methyl sites for hydroxylation is 2. The molecule has 0 bridgehead atoms. The minimum Gasteiger partial charge on any atom is -0.325 e. The monoisotopic (exact) mass is 428 g/mol. The summed E-state index contributed by atoms with van der Waals surface area (Å²) in [6.45, 7) is 2.92. The number of fused-ring (bicyclic) bond motifs is 1. The maximum absolute atomic E-state index is 11.4. The van der Waals surface area contributed by atoms with Crippen LogP contribution >= 0.6 is 0 Å². The summed E-state index contributed by atoms with van der Waals surface area (Å²) in [7, 11) is 1.51. The van der Waals surface area contributed by atoms with Crippen molar-refractivity contribution in [2.45, 2.75) is 32.6 Å². The first kappa shape index (κ1) is 21.7. The summed E-state index contributed by atoms with van der Waals surface area (Å²) in [5.41, 5.74) is 6.58. The molecule has 0 spiro atoms. The van der Waals surface area contributed by atoms with Gasteiger partial charge in [-0.3, -0.25) is 10.0 Å². The van der Waals surface area contributed by atoms with E-state index in [-0.39, 0.29) is 0 Å². The average molecular weight is 429 g/mol. The molecule has 32 heavy (non-hydrogen) atoms. The maximum Gasteiger partial charge on any atom is 0.234 e. The van der Waals surface area contributed by atoms with Crippen LogP contribution in [0.4, 0.5) is 11.5 Å². The summed E-state index contributed by atoms with van der Waals surface area (Å²) < 4.78 is 0. The summed E-state index contributed by atoms with van der Waals surface area (Å²) in [6, 6.07) is 18.8. The molecule has 6 heteroatoms. The number of pyridine rings is 1. The van der Waals surface area contributed by atoms with E-state index in [1.165, 1.54) is 29.3 Å². The largest absolute Gasteiger partial charge is 0.325 e. The van der Waals surface area contributed by atoms with Gasteiger partial charge in [0, 0.05) is 25.5 Å². The highest BCUT2D eigenvalue weighted by Crippen LogP contribution is 2.34. The van der Waals surface area contributed by atoms with Gasteiger partial charge in [-0.1, -0.05) is 43.7 Å². The number of amidine groups is 1. The minimum atomic E-state index is 0.351. The van der Waals surface area contributed by atoms with Crippen LogP contribution in [-0.2, 0) is 17.6 Å². The van der Waals surface area contributed by atoms with Crippen LogP contribution in [0.1, 0.15) is 36.5 Å². The molecule has 6 nitrogen and oxygen atoms in total. The number of hydrogen-bond donors (Lipinski definition) is 1. The lowest BCUT2D eigenvalue weighted by molar-refractivity contribution is -0.106. The van der Waals surface area contributed by atoms with Crippen molar-refractivity contribution in [2.75, 3.05) is 23.6 Å². The van der Waals surface area contributed by atoms with Crippen molar-refractivity contribution in [3.8, 4) is 11.1 Å². The van der Waals surface area contributed by atoms with Crippen LogP contribution in [0.2, 0.25) is 0 Å². The number of hydroxylamine groups is 1. The fourth-order valence-corrected chi connectivity index (χ4v) is 4.31. The molecule has 1 aromatic heterocycles. The highest BCUT2D eigenvalue weighted by atomic mass is 16.5. The van der Waals surface area contributed by atoms with Crippen LogP contribution in [0, 0.1) is 0 Å². The van der Waals surface area contributed by atoms with Crippen molar-refractivity contribution in [1.82, 2.24) is 4.98 Å². The standard InChI is InChI=1S/C26H28N4O2/c1-3-6-19-9-11-20(12-10-19)21-13-14-24-22(17-21)7-5-16-30(24)26(28-18-31)23-8-4-15-27-25(23)29(2)32/h4,8-15,17-18,32H,3,5-7,16H2,1-2H3. The van der Waals surface area contributed by atoms with E-state index in [9.17, 15) is 10.0 Å². The quantitative estimate of drug-likeness (QED) is 0.262. The summed E-state index contributed by atoms with van der Waals surface area (Å²) >= 11 is 0. The van der Waals surface area contributed by atoms with Crippen molar-refractivity contribution < 1.29 is 10.0 Å². The van der Waals surface area contributed by atoms with Gasteiger partial charge >= 0.3 is 0 Å². The lowest BCUT2D eigenvalue weighted by atomic mass is 9.95. The summed E-state index contributed by atoms with van der Waals surface area (Å²) in [5.74, 6) is 0.839. The van der Waals surface area contributed by atoms with Crippen LogP contribution in [-0.4, -0.2) is 36.0 Å². The molecule has 0 unspecified atom stereocenters. The van der Waals surface area contributed by atoms with Crippen LogP contribution < -0.4 is 9.96 Å². The predicted molar refractivity (Wildman–Crippen MR) is 129 cm³/mol. The Kier molecular flexibility index (Phi) is 6.61. The summed E-state index contributed by atoms with van der Waals surface area (Å²) in [5, 5.41) is 11.0. The van der Waals surface area contributed by atoms with Gasteiger partial charge in [0.05, 0.1) is 5.56 Å². The van der Waals surface area contributed by atoms with Crippen molar-refractivity contribution >= 4 is 23.8 Å². The number of carbonyl (C=O) groups is 1. The molecule has 0 fully saturated rings. The number of aromatic nitrogens is 1. The molecular formula is C26H28N4O2. The molecule has 0 saturated carbocycles. The number of nitrogens with zero attached hydrogens (tertiary/aromatic N) is 4. The van der Waals surface area contributed by atoms with E-state index in [1.54, 1.807) is 12.3 Å². The van der Waals surface area contributed by atoms with E-state index < -0.39 is 0 Å². The second kappa shape index (κ2) is 9.75. The number of aliphatic imine (C=N–C) groups is 1. The lowest BCUT2D eigenvalue weighted by Gasteiger charge is -2.33. The Labute approximate surface area is 188 Å². The molecule has 1 aliphatic rings. The summed E-state index contributed by atoms with van der Waals surface area (Å²) in [6.07, 6.45) is 6.29. The fraction of sp³-hybridized carbons (Fsp3) is 0.269. The van der Waals surface area contributed by atoms with Gasteiger partial charge in [-0.05, 0) is 65.8 Å². The Morgan fingerprint density at radius 3 is 2.69 bits per heavy atom. The zero-order chi connectivity index (χ0) is 22.5. The van der Waals surface area contributed by atoms with E-state index in [1.807, 2.05) is 11.0 Å². The fourth-order valence-electron chi connectivity index (χ4n) is 4.31. The summed E-state index contributed by atoms with van der Waals surface area (Å²) in [4.78, 5) is 21.9. The van der Waals surface area contributed by atoms with Gasteiger partial charge in [-0.2, -0.15) is 4.99 Å². The highest BCUT2D eigenvalue weighted by Gasteiger charge is 2.25. The molecule has 0 aliphatic carbocycles. The zero-order valence-corrected chi connectivity index (χ0v) is 18.5. The lowest BCUT2D eigenvalue weighted by Crippen LogP contribution is -2.37. The number of carbonyl (C=O) groups excluding carboxylic acids is 1. The third-order valence-corrected chi connectivity index (χ3v) is 5.79. The number of benzene rings is 2. The van der Waals surface area contributed by atoms with Crippen molar-refractivity contribution in [2.24, 2.45) is 4.99 Å². The molecule has 0 saturated heterocycles. The van der Waals surface area contributed by atoms with Gasteiger partial charge in [0.15, 0.2) is 5.82 Å². The number of hydrogen-bond acceptors (Lipinski definition) is 4. The SMILES string of the molecule is CCCc1ccc(-c2ccc3c(c2)CCCN3C(=NC=O)c2cccnc2N(C)O)cc1. The van der Waals surface area contributed by atoms with Crippen molar-refractivity contribution in [3.05, 3.63) is 77.5 Å². The van der Waals surface area contributed by atoms with Crippen molar-refractivity contribution in [1.29, 1.82) is 0 Å². The van der Waals surface area contributed by atoms with E-state index >= 15 is 0 Å². The molecule has 2 aromatic carbocycles. The van der Waals surface area contributed by atoms with Gasteiger partial charge in [-0.25, -0.2) is 10.0 Å². The van der Waals surface area contributed by atoms with Gasteiger partial charge in [-0.15, -0.1) is 0 Å². The second-order valence-electron chi connectivity index (χ2n) is 8.00. The molecule has 4 rings (SSSR count). The van der Waals surface area contributed by atoms with Gasteiger partial charge in [0.1, 0.15) is 5.84 Å². The first-order chi connectivity index (χ1) is 15.6. The molecule has 164 valence electrons. The average Bonchev–Trinajstić information content (AvgIpc) is 2.82. The van der Waals surface area contributed by atoms with Gasteiger partial charge in [0.2, 0.25) is 6.41 Å². The molecule has 0 radical (unpaired) electrons. The van der Waals surface area contributed by atoms with Gasteiger partial charge in [0.25, 0.3) is 0 Å². The van der Waals surface area contributed by atoms with Gasteiger partial charge < -0.3 is 4.90 Å². The topological polar surface area (TPSA) is 69.0 Å². The molecule has 0 atom stereocenters. The number of rotatable bonds is 6. The highest BCUT2D eigenvalue weighted by molar-refractivity contribution is 6.15. The number of amides is 1. The van der Waals surface area contributed by atoms with E-state index in [0.717, 1.165) is 43.0 Å².